The van der Waals surface area contributed by atoms with Crippen LogP contribution in [0.1, 0.15) is 17.7 Å². The first kappa shape index (κ1) is 18.1. The van der Waals surface area contributed by atoms with E-state index in [0.29, 0.717) is 28.6 Å². The Labute approximate surface area is 158 Å². The largest absolute Gasteiger partial charge is 0.494 e. The first-order valence-electron chi connectivity index (χ1n) is 8.64. The number of aromatic amines is 1. The molecule has 1 aliphatic carbocycles. The van der Waals surface area contributed by atoms with Crippen LogP contribution in [0, 0.1) is 17.6 Å². The molecule has 1 saturated carbocycles. The number of nitrogens with zero attached hydrogens (tertiary/aromatic N) is 1. The molecule has 0 spiro atoms. The SMILES string of the molecule is COc1ccc(C=Cc2n[nH]c3cc(F)c(NC(=O)C4CC4O)cc23)cc1F. The van der Waals surface area contributed by atoms with Gasteiger partial charge in [0.15, 0.2) is 11.6 Å². The van der Waals surface area contributed by atoms with Gasteiger partial charge in [0.05, 0.1) is 36.0 Å². The number of methoxy groups -OCH3 is 1. The topological polar surface area (TPSA) is 87.2 Å². The van der Waals surface area contributed by atoms with Crippen LogP contribution in [-0.2, 0) is 4.79 Å². The highest BCUT2D eigenvalue weighted by Crippen LogP contribution is 2.32. The molecule has 2 unspecified atom stereocenters. The maximum atomic E-state index is 14.2. The zero-order valence-electron chi connectivity index (χ0n) is 14.9. The molecule has 3 N–H and O–H groups in total. The Morgan fingerprint density at radius 1 is 1.29 bits per heavy atom. The third kappa shape index (κ3) is 3.46. The van der Waals surface area contributed by atoms with Crippen LogP contribution < -0.4 is 10.1 Å². The number of halogens is 2. The Bertz CT molecular complexity index is 1090. The molecule has 1 aliphatic rings. The Kier molecular flexibility index (Phi) is 4.56. The van der Waals surface area contributed by atoms with Crippen molar-refractivity contribution >= 4 is 34.6 Å². The number of carbonyl (C=O) groups excluding carboxylic acids is 1. The maximum absolute atomic E-state index is 14.2. The van der Waals surface area contributed by atoms with Gasteiger partial charge in [-0.3, -0.25) is 9.89 Å². The molecule has 1 aromatic heterocycles. The minimum atomic E-state index is -0.663. The van der Waals surface area contributed by atoms with Crippen LogP contribution in [0.5, 0.6) is 5.75 Å². The summed E-state index contributed by atoms with van der Waals surface area (Å²) in [5, 5.41) is 19.3. The van der Waals surface area contributed by atoms with E-state index in [0.717, 1.165) is 0 Å². The Morgan fingerprint density at radius 2 is 2.07 bits per heavy atom. The molecule has 2 atom stereocenters. The zero-order valence-corrected chi connectivity index (χ0v) is 14.9. The molecular weight excluding hydrogens is 368 g/mol. The van der Waals surface area contributed by atoms with Crippen molar-refractivity contribution in [2.24, 2.45) is 5.92 Å². The van der Waals surface area contributed by atoms with Gasteiger partial charge in [0.1, 0.15) is 5.82 Å². The normalized spacial score (nSPS) is 18.6. The number of anilines is 1. The quantitative estimate of drug-likeness (QED) is 0.629. The van der Waals surface area contributed by atoms with Crippen molar-refractivity contribution in [3.8, 4) is 5.75 Å². The van der Waals surface area contributed by atoms with Gasteiger partial charge in [0, 0.05) is 11.5 Å². The van der Waals surface area contributed by atoms with E-state index >= 15 is 0 Å². The lowest BCUT2D eigenvalue weighted by atomic mass is 10.1. The number of aliphatic hydroxyl groups is 1. The Hall–Kier alpha value is -3.26. The summed E-state index contributed by atoms with van der Waals surface area (Å²) < 4.78 is 32.9. The van der Waals surface area contributed by atoms with Gasteiger partial charge < -0.3 is 15.2 Å². The van der Waals surface area contributed by atoms with Gasteiger partial charge in [-0.2, -0.15) is 5.10 Å². The third-order valence-corrected chi connectivity index (χ3v) is 4.64. The van der Waals surface area contributed by atoms with Crippen LogP contribution >= 0.6 is 0 Å². The van der Waals surface area contributed by atoms with Crippen LogP contribution in [0.15, 0.2) is 30.3 Å². The van der Waals surface area contributed by atoms with Gasteiger partial charge >= 0.3 is 0 Å². The summed E-state index contributed by atoms with van der Waals surface area (Å²) in [6, 6.07) is 7.27. The van der Waals surface area contributed by atoms with Crippen molar-refractivity contribution in [3.63, 3.8) is 0 Å². The molecular formula is C20H17F2N3O3. The standard InChI is InChI=1S/C20H17F2N3O3/c1-28-19-5-3-10(6-14(19)22)2-4-15-11-7-17(13(21)9-16(11)25-24-15)23-20(27)12-8-18(12)26/h2-7,9,12,18,26H,8H2,1H3,(H,23,27)(H,24,25). The Balaban J connectivity index is 1.61. The van der Waals surface area contributed by atoms with Crippen molar-refractivity contribution in [2.75, 3.05) is 12.4 Å². The number of nitrogens with one attached hydrogen (secondary N) is 2. The van der Waals surface area contributed by atoms with Crippen molar-refractivity contribution in [3.05, 3.63) is 53.2 Å². The number of aromatic nitrogens is 2. The highest BCUT2D eigenvalue weighted by atomic mass is 19.1. The van der Waals surface area contributed by atoms with Crippen molar-refractivity contribution in [1.82, 2.24) is 10.2 Å². The number of carbonyl (C=O) groups is 1. The monoisotopic (exact) mass is 385 g/mol. The average molecular weight is 385 g/mol. The second-order valence-electron chi connectivity index (χ2n) is 6.61. The molecule has 0 saturated heterocycles. The van der Waals surface area contributed by atoms with Gasteiger partial charge in [-0.05, 0) is 36.3 Å². The van der Waals surface area contributed by atoms with Gasteiger partial charge in [-0.1, -0.05) is 12.1 Å². The summed E-state index contributed by atoms with van der Waals surface area (Å²) in [4.78, 5) is 12.0. The zero-order chi connectivity index (χ0) is 19.8. The first-order valence-corrected chi connectivity index (χ1v) is 8.64. The number of rotatable bonds is 5. The van der Waals surface area contributed by atoms with Crippen molar-refractivity contribution < 1.29 is 23.4 Å². The molecule has 1 amide bonds. The molecule has 1 fully saturated rings. The Morgan fingerprint density at radius 3 is 2.75 bits per heavy atom. The number of hydrogen-bond acceptors (Lipinski definition) is 4. The lowest BCUT2D eigenvalue weighted by Gasteiger charge is -2.06. The van der Waals surface area contributed by atoms with Crippen LogP contribution in [0.4, 0.5) is 14.5 Å². The number of hydrogen-bond donors (Lipinski definition) is 3. The van der Waals surface area contributed by atoms with E-state index in [2.05, 4.69) is 15.5 Å². The van der Waals surface area contributed by atoms with Gasteiger partial charge in [0.25, 0.3) is 0 Å². The minimum Gasteiger partial charge on any atom is -0.494 e. The lowest BCUT2D eigenvalue weighted by Crippen LogP contribution is -2.16. The van der Waals surface area contributed by atoms with Crippen LogP contribution in [0.2, 0.25) is 0 Å². The van der Waals surface area contributed by atoms with Crippen LogP contribution in [0.3, 0.4) is 0 Å². The summed E-state index contributed by atoms with van der Waals surface area (Å²) in [5.74, 6) is -1.85. The fraction of sp³-hybridized carbons (Fsp3) is 0.200. The fourth-order valence-electron chi connectivity index (χ4n) is 2.93. The van der Waals surface area contributed by atoms with E-state index < -0.39 is 29.6 Å². The summed E-state index contributed by atoms with van der Waals surface area (Å²) in [5.41, 5.74) is 1.59. The molecule has 8 heteroatoms. The highest BCUT2D eigenvalue weighted by molar-refractivity contribution is 5.98. The van der Waals surface area contributed by atoms with E-state index in [4.69, 9.17) is 4.74 Å². The first-order chi connectivity index (χ1) is 13.5. The predicted molar refractivity (Wildman–Crippen MR) is 101 cm³/mol. The maximum Gasteiger partial charge on any atom is 0.230 e. The molecule has 1 heterocycles. The van der Waals surface area contributed by atoms with Crippen LogP contribution in [0.25, 0.3) is 23.1 Å². The van der Waals surface area contributed by atoms with Gasteiger partial charge in [-0.15, -0.1) is 0 Å². The number of ether oxygens (including phenoxy) is 1. The molecule has 4 rings (SSSR count). The van der Waals surface area contributed by atoms with E-state index in [-0.39, 0.29) is 11.4 Å². The summed E-state index contributed by atoms with van der Waals surface area (Å²) in [7, 11) is 1.39. The molecule has 3 aromatic rings. The summed E-state index contributed by atoms with van der Waals surface area (Å²) in [6.07, 6.45) is 3.05. The number of fused-ring (bicyclic) bond motifs is 1. The molecule has 0 radical (unpaired) electrons. The number of amides is 1. The molecule has 2 aromatic carbocycles. The predicted octanol–water partition coefficient (Wildman–Crippen LogP) is 3.34. The highest BCUT2D eigenvalue weighted by Gasteiger charge is 2.41. The average Bonchev–Trinajstić information content (AvgIpc) is 3.28. The molecule has 6 nitrogen and oxygen atoms in total. The van der Waals surface area contributed by atoms with E-state index in [9.17, 15) is 18.7 Å². The smallest absolute Gasteiger partial charge is 0.230 e. The minimum absolute atomic E-state index is 0.0168. The van der Waals surface area contributed by atoms with E-state index in [1.807, 2.05) is 0 Å². The third-order valence-electron chi connectivity index (χ3n) is 4.64. The van der Waals surface area contributed by atoms with Gasteiger partial charge in [0.2, 0.25) is 5.91 Å². The number of aliphatic hydroxyl groups excluding tert-OH is 1. The van der Waals surface area contributed by atoms with E-state index in [1.165, 1.54) is 31.4 Å². The fourth-order valence-corrected chi connectivity index (χ4v) is 2.93. The second-order valence-corrected chi connectivity index (χ2v) is 6.61. The van der Waals surface area contributed by atoms with Gasteiger partial charge in [-0.25, -0.2) is 8.78 Å². The number of H-pyrrole nitrogens is 1. The summed E-state index contributed by atoms with van der Waals surface area (Å²) >= 11 is 0. The van der Waals surface area contributed by atoms with E-state index in [1.54, 1.807) is 18.2 Å². The molecule has 0 aliphatic heterocycles. The lowest BCUT2D eigenvalue weighted by molar-refractivity contribution is -0.118. The number of benzene rings is 2. The molecule has 144 valence electrons. The molecule has 28 heavy (non-hydrogen) atoms. The van der Waals surface area contributed by atoms with Crippen LogP contribution in [-0.4, -0.2) is 34.4 Å². The summed E-state index contributed by atoms with van der Waals surface area (Å²) in [6.45, 7) is 0. The van der Waals surface area contributed by atoms with Crippen molar-refractivity contribution in [2.45, 2.75) is 12.5 Å². The van der Waals surface area contributed by atoms with Crippen molar-refractivity contribution in [1.29, 1.82) is 0 Å². The second kappa shape index (κ2) is 7.05. The molecule has 0 bridgehead atoms.